The van der Waals surface area contributed by atoms with Gasteiger partial charge in [0.1, 0.15) is 5.69 Å². The molecule has 1 aliphatic carbocycles. The maximum Gasteiger partial charge on any atom is 0.293 e. The number of anilines is 1. The second-order valence-corrected chi connectivity index (χ2v) is 6.13. The lowest BCUT2D eigenvalue weighted by molar-refractivity contribution is -0.384. The van der Waals surface area contributed by atoms with Gasteiger partial charge >= 0.3 is 0 Å². The van der Waals surface area contributed by atoms with Crippen LogP contribution in [0, 0.1) is 17.0 Å². The van der Waals surface area contributed by atoms with E-state index in [-0.39, 0.29) is 17.3 Å². The van der Waals surface area contributed by atoms with E-state index in [1.165, 1.54) is 18.2 Å². The van der Waals surface area contributed by atoms with Crippen molar-refractivity contribution in [1.82, 2.24) is 10.9 Å². The number of hydrazine groups is 1. The third kappa shape index (κ3) is 3.97. The van der Waals surface area contributed by atoms with Crippen molar-refractivity contribution >= 4 is 23.2 Å². The van der Waals surface area contributed by atoms with E-state index in [0.717, 1.165) is 18.4 Å². The lowest BCUT2D eigenvalue weighted by Crippen LogP contribution is -2.41. The topological polar surface area (TPSA) is 113 Å². The molecule has 0 radical (unpaired) electrons. The SMILES string of the molecule is Cc1ccccc1C(=O)NNC(=O)c1ccc(NC2CC2)c([N+](=O)[O-])c1. The van der Waals surface area contributed by atoms with Crippen LogP contribution < -0.4 is 16.2 Å². The Hall–Kier alpha value is -3.42. The summed E-state index contributed by atoms with van der Waals surface area (Å²) in [5.74, 6) is -1.09. The summed E-state index contributed by atoms with van der Waals surface area (Å²) >= 11 is 0. The molecule has 3 N–H and O–H groups in total. The van der Waals surface area contributed by atoms with Gasteiger partial charge in [-0.3, -0.25) is 30.6 Å². The van der Waals surface area contributed by atoms with Crippen LogP contribution in [0.15, 0.2) is 42.5 Å². The molecule has 2 aromatic rings. The number of amides is 2. The second-order valence-electron chi connectivity index (χ2n) is 6.13. The van der Waals surface area contributed by atoms with Crippen molar-refractivity contribution in [1.29, 1.82) is 0 Å². The Kier molecular flexibility index (Phi) is 4.83. The molecule has 1 fully saturated rings. The molecule has 0 aromatic heterocycles. The highest BCUT2D eigenvalue weighted by Crippen LogP contribution is 2.31. The summed E-state index contributed by atoms with van der Waals surface area (Å²) < 4.78 is 0. The normalized spacial score (nSPS) is 13.0. The number of carbonyl (C=O) groups is 2. The summed E-state index contributed by atoms with van der Waals surface area (Å²) in [7, 11) is 0. The molecule has 0 spiro atoms. The fraction of sp³-hybridized carbons (Fsp3) is 0.222. The van der Waals surface area contributed by atoms with E-state index < -0.39 is 16.7 Å². The van der Waals surface area contributed by atoms with E-state index in [2.05, 4.69) is 16.2 Å². The van der Waals surface area contributed by atoms with Crippen molar-refractivity contribution in [2.24, 2.45) is 0 Å². The Balaban J connectivity index is 1.69. The van der Waals surface area contributed by atoms with Crippen LogP contribution >= 0.6 is 0 Å². The quantitative estimate of drug-likeness (QED) is 0.564. The summed E-state index contributed by atoms with van der Waals surface area (Å²) in [6.07, 6.45) is 1.95. The molecular formula is C18H18N4O4. The monoisotopic (exact) mass is 354 g/mol. The molecule has 3 rings (SSSR count). The van der Waals surface area contributed by atoms with E-state index >= 15 is 0 Å². The number of nitrogens with one attached hydrogen (secondary N) is 3. The molecule has 134 valence electrons. The average molecular weight is 354 g/mol. The number of nitro benzene ring substituents is 1. The van der Waals surface area contributed by atoms with Crippen LogP contribution in [0.4, 0.5) is 11.4 Å². The van der Waals surface area contributed by atoms with Crippen LogP contribution in [0.3, 0.4) is 0 Å². The second kappa shape index (κ2) is 7.22. The highest BCUT2D eigenvalue weighted by atomic mass is 16.6. The Morgan fingerprint density at radius 3 is 2.42 bits per heavy atom. The van der Waals surface area contributed by atoms with E-state index in [9.17, 15) is 19.7 Å². The van der Waals surface area contributed by atoms with Crippen molar-refractivity contribution in [2.45, 2.75) is 25.8 Å². The molecule has 0 saturated heterocycles. The molecule has 2 aromatic carbocycles. The van der Waals surface area contributed by atoms with Gasteiger partial charge in [0.2, 0.25) is 0 Å². The summed E-state index contributed by atoms with van der Waals surface area (Å²) in [5, 5.41) is 14.3. The summed E-state index contributed by atoms with van der Waals surface area (Å²) in [5.41, 5.74) is 6.11. The van der Waals surface area contributed by atoms with Crippen LogP contribution in [-0.4, -0.2) is 22.8 Å². The number of nitrogens with zero attached hydrogens (tertiary/aromatic N) is 1. The van der Waals surface area contributed by atoms with Crippen LogP contribution in [0.25, 0.3) is 0 Å². The lowest BCUT2D eigenvalue weighted by atomic mass is 10.1. The van der Waals surface area contributed by atoms with Crippen molar-refractivity contribution in [2.75, 3.05) is 5.32 Å². The Morgan fingerprint density at radius 1 is 1.08 bits per heavy atom. The highest BCUT2D eigenvalue weighted by Gasteiger charge is 2.25. The molecule has 8 nitrogen and oxygen atoms in total. The first kappa shape index (κ1) is 17.4. The van der Waals surface area contributed by atoms with Crippen LogP contribution in [0.5, 0.6) is 0 Å². The minimum atomic E-state index is -0.631. The van der Waals surface area contributed by atoms with E-state index in [4.69, 9.17) is 0 Å². The van der Waals surface area contributed by atoms with Crippen molar-refractivity contribution < 1.29 is 14.5 Å². The molecule has 0 aliphatic heterocycles. The van der Waals surface area contributed by atoms with Crippen molar-refractivity contribution in [3.05, 3.63) is 69.3 Å². The zero-order valence-corrected chi connectivity index (χ0v) is 14.1. The van der Waals surface area contributed by atoms with Gasteiger partial charge in [-0.05, 0) is 43.5 Å². The molecular weight excluding hydrogens is 336 g/mol. The highest BCUT2D eigenvalue weighted by molar-refractivity contribution is 6.00. The van der Waals surface area contributed by atoms with Crippen LogP contribution in [0.1, 0.15) is 39.1 Å². The first-order valence-electron chi connectivity index (χ1n) is 8.17. The van der Waals surface area contributed by atoms with Gasteiger partial charge in [-0.25, -0.2) is 0 Å². The third-order valence-electron chi connectivity index (χ3n) is 4.07. The largest absolute Gasteiger partial charge is 0.377 e. The standard InChI is InChI=1S/C18H18N4O4/c1-11-4-2-3-5-14(11)18(24)21-20-17(23)12-6-9-15(19-13-7-8-13)16(10-12)22(25)26/h2-6,9-10,13,19H,7-8H2,1H3,(H,20,23)(H,21,24). The smallest absolute Gasteiger partial charge is 0.293 e. The fourth-order valence-corrected chi connectivity index (χ4v) is 2.47. The number of aryl methyl sites for hydroxylation is 1. The van der Waals surface area contributed by atoms with Gasteiger partial charge in [-0.2, -0.15) is 0 Å². The van der Waals surface area contributed by atoms with E-state index in [1.54, 1.807) is 31.2 Å². The van der Waals surface area contributed by atoms with Crippen molar-refractivity contribution in [3.63, 3.8) is 0 Å². The molecule has 8 heteroatoms. The predicted molar refractivity (Wildman–Crippen MR) is 95.9 cm³/mol. The fourth-order valence-electron chi connectivity index (χ4n) is 2.47. The van der Waals surface area contributed by atoms with Gasteiger partial charge in [0, 0.05) is 23.2 Å². The molecule has 26 heavy (non-hydrogen) atoms. The Bertz CT molecular complexity index is 877. The molecule has 2 amide bonds. The van der Waals surface area contributed by atoms with E-state index in [1.807, 2.05) is 0 Å². The third-order valence-corrected chi connectivity index (χ3v) is 4.07. The van der Waals surface area contributed by atoms with Gasteiger partial charge < -0.3 is 5.32 Å². The van der Waals surface area contributed by atoms with Crippen molar-refractivity contribution in [3.8, 4) is 0 Å². The van der Waals surface area contributed by atoms with Crippen LogP contribution in [0.2, 0.25) is 0 Å². The number of hydrogen-bond donors (Lipinski definition) is 3. The minimum Gasteiger partial charge on any atom is -0.377 e. The van der Waals surface area contributed by atoms with Gasteiger partial charge in [0.05, 0.1) is 4.92 Å². The number of hydrogen-bond acceptors (Lipinski definition) is 5. The number of rotatable bonds is 5. The van der Waals surface area contributed by atoms with Gasteiger partial charge in [-0.1, -0.05) is 18.2 Å². The zero-order valence-electron chi connectivity index (χ0n) is 14.1. The summed E-state index contributed by atoms with van der Waals surface area (Å²) in [4.78, 5) is 35.0. The van der Waals surface area contributed by atoms with Gasteiger partial charge in [-0.15, -0.1) is 0 Å². The number of nitro groups is 1. The molecule has 0 bridgehead atoms. The molecule has 1 saturated carbocycles. The predicted octanol–water partition coefficient (Wildman–Crippen LogP) is 2.55. The summed E-state index contributed by atoms with van der Waals surface area (Å²) in [6, 6.07) is 11.4. The van der Waals surface area contributed by atoms with Gasteiger partial charge in [0.15, 0.2) is 0 Å². The van der Waals surface area contributed by atoms with E-state index in [0.29, 0.717) is 11.3 Å². The first-order valence-corrected chi connectivity index (χ1v) is 8.17. The minimum absolute atomic E-state index is 0.0862. The molecule has 0 unspecified atom stereocenters. The molecule has 0 heterocycles. The average Bonchev–Trinajstić information content (AvgIpc) is 3.44. The molecule has 1 aliphatic rings. The maximum atomic E-state index is 12.2. The first-order chi connectivity index (χ1) is 12.5. The number of carbonyl (C=O) groups excluding carboxylic acids is 2. The summed E-state index contributed by atoms with van der Waals surface area (Å²) in [6.45, 7) is 1.78. The Morgan fingerprint density at radius 2 is 1.77 bits per heavy atom. The molecule has 0 atom stereocenters. The zero-order chi connectivity index (χ0) is 18.7. The lowest BCUT2D eigenvalue weighted by Gasteiger charge is -2.10. The van der Waals surface area contributed by atoms with Crippen LogP contribution in [-0.2, 0) is 0 Å². The Labute approximate surface area is 149 Å². The van der Waals surface area contributed by atoms with Gasteiger partial charge in [0.25, 0.3) is 17.5 Å². The number of benzene rings is 2. The maximum absolute atomic E-state index is 12.2.